The first-order valence-electron chi connectivity index (χ1n) is 8.96. The summed E-state index contributed by atoms with van der Waals surface area (Å²) in [4.78, 5) is 13.2. The minimum atomic E-state index is 0.0175. The zero-order valence-corrected chi connectivity index (χ0v) is 14.9. The van der Waals surface area contributed by atoms with E-state index in [0.717, 1.165) is 17.5 Å². The van der Waals surface area contributed by atoms with E-state index in [-0.39, 0.29) is 11.7 Å². The van der Waals surface area contributed by atoms with Gasteiger partial charge in [-0.3, -0.25) is 4.79 Å². The Morgan fingerprint density at radius 3 is 1.96 bits per heavy atom. The van der Waals surface area contributed by atoms with Gasteiger partial charge in [-0.05, 0) is 23.6 Å². The van der Waals surface area contributed by atoms with E-state index in [1.165, 1.54) is 0 Å². The number of carbonyl (C=O) groups is 1. The fourth-order valence-corrected chi connectivity index (χ4v) is 3.07. The first-order valence-corrected chi connectivity index (χ1v) is 8.96. The van der Waals surface area contributed by atoms with E-state index < -0.39 is 0 Å². The van der Waals surface area contributed by atoms with Crippen LogP contribution in [0.4, 0.5) is 0 Å². The lowest BCUT2D eigenvalue weighted by Gasteiger charge is -2.17. The number of Topliss-reactive ketones (excluding diaryl/α,β-unsaturated/α-hetero) is 1. The molecule has 1 atom stereocenters. The first kappa shape index (κ1) is 17.7. The first-order chi connectivity index (χ1) is 12.8. The minimum absolute atomic E-state index is 0.0175. The molecule has 0 aliphatic carbocycles. The van der Waals surface area contributed by atoms with E-state index in [9.17, 15) is 4.79 Å². The fraction of sp³-hybridized carbons (Fsp3) is 0.120. The van der Waals surface area contributed by atoms with Gasteiger partial charge < -0.3 is 0 Å². The Bertz CT molecular complexity index is 902. The Morgan fingerprint density at radius 1 is 0.846 bits per heavy atom. The average Bonchev–Trinajstić information content (AvgIpc) is 2.72. The smallest absolute Gasteiger partial charge is 0.197 e. The molecule has 0 saturated heterocycles. The molecular weight excluding hydrogens is 316 g/mol. The van der Waals surface area contributed by atoms with Crippen LogP contribution in [0.3, 0.4) is 0 Å². The molecular formula is C25H22O. The maximum atomic E-state index is 13.2. The van der Waals surface area contributed by atoms with Gasteiger partial charge in [0.05, 0.1) is 0 Å². The standard InChI is InChI=1S/C25H22O/c1-2-23(21-14-8-4-9-15-21)24(19-18-20-12-6-3-7-13-20)25(26)22-16-10-5-11-17-22/h3-18,23H,2H2,1H3. The van der Waals surface area contributed by atoms with Crippen molar-refractivity contribution in [2.45, 2.75) is 19.3 Å². The van der Waals surface area contributed by atoms with Crippen LogP contribution in [-0.4, -0.2) is 5.78 Å². The summed E-state index contributed by atoms with van der Waals surface area (Å²) >= 11 is 0. The van der Waals surface area contributed by atoms with E-state index in [1.54, 1.807) is 0 Å². The zero-order valence-electron chi connectivity index (χ0n) is 14.9. The zero-order chi connectivity index (χ0) is 18.2. The highest BCUT2D eigenvalue weighted by molar-refractivity contribution is 6.09. The van der Waals surface area contributed by atoms with Crippen LogP contribution in [0.1, 0.15) is 40.7 Å². The molecule has 128 valence electrons. The van der Waals surface area contributed by atoms with E-state index in [1.807, 2.05) is 84.9 Å². The number of rotatable bonds is 6. The molecule has 26 heavy (non-hydrogen) atoms. The summed E-state index contributed by atoms with van der Waals surface area (Å²) in [5, 5.41) is 0. The Balaban J connectivity index is 2.09. The molecule has 3 aromatic rings. The molecule has 1 nitrogen and oxygen atoms in total. The molecule has 0 radical (unpaired) electrons. The van der Waals surface area contributed by atoms with Gasteiger partial charge in [0.2, 0.25) is 0 Å². The van der Waals surface area contributed by atoms with E-state index in [4.69, 9.17) is 0 Å². The second-order valence-electron chi connectivity index (χ2n) is 6.18. The molecule has 0 amide bonds. The number of hydrogen-bond acceptors (Lipinski definition) is 1. The fourth-order valence-electron chi connectivity index (χ4n) is 3.07. The molecule has 1 heteroatoms. The third kappa shape index (κ3) is 4.27. The summed E-state index contributed by atoms with van der Waals surface area (Å²) in [5.41, 5.74) is 6.91. The monoisotopic (exact) mass is 338 g/mol. The Hall–Kier alpha value is -3.15. The molecule has 0 aliphatic heterocycles. The summed E-state index contributed by atoms with van der Waals surface area (Å²) in [6.45, 7) is 2.11. The molecule has 0 spiro atoms. The maximum absolute atomic E-state index is 13.2. The quantitative estimate of drug-likeness (QED) is 0.293. The van der Waals surface area contributed by atoms with Crippen molar-refractivity contribution in [3.8, 4) is 0 Å². The van der Waals surface area contributed by atoms with Gasteiger partial charge in [-0.15, -0.1) is 5.73 Å². The third-order valence-corrected chi connectivity index (χ3v) is 4.43. The number of hydrogen-bond donors (Lipinski definition) is 0. The van der Waals surface area contributed by atoms with Gasteiger partial charge in [-0.2, -0.15) is 0 Å². The van der Waals surface area contributed by atoms with Crippen LogP contribution >= 0.6 is 0 Å². The van der Waals surface area contributed by atoms with Gasteiger partial charge in [0.25, 0.3) is 0 Å². The van der Waals surface area contributed by atoms with Gasteiger partial charge in [0.1, 0.15) is 0 Å². The van der Waals surface area contributed by atoms with Crippen LogP contribution in [0, 0.1) is 0 Å². The molecule has 3 rings (SSSR count). The predicted molar refractivity (Wildman–Crippen MR) is 108 cm³/mol. The van der Waals surface area contributed by atoms with Crippen molar-refractivity contribution in [1.29, 1.82) is 0 Å². The Kier molecular flexibility index (Phi) is 5.98. The van der Waals surface area contributed by atoms with Gasteiger partial charge in [0.15, 0.2) is 5.78 Å². The number of carbonyl (C=O) groups excluding carboxylic acids is 1. The largest absolute Gasteiger partial charge is 0.288 e. The summed E-state index contributed by atoms with van der Waals surface area (Å²) < 4.78 is 0. The second-order valence-corrected chi connectivity index (χ2v) is 6.18. The number of allylic oxidation sites excluding steroid dienone is 1. The van der Waals surface area contributed by atoms with E-state index in [0.29, 0.717) is 11.1 Å². The van der Waals surface area contributed by atoms with Crippen molar-refractivity contribution < 1.29 is 4.79 Å². The molecule has 0 aliphatic rings. The summed E-state index contributed by atoms with van der Waals surface area (Å²) in [7, 11) is 0. The number of benzene rings is 3. The predicted octanol–water partition coefficient (Wildman–Crippen LogP) is 6.30. The lowest BCUT2D eigenvalue weighted by atomic mass is 9.85. The molecule has 3 aromatic carbocycles. The van der Waals surface area contributed by atoms with Crippen molar-refractivity contribution in [1.82, 2.24) is 0 Å². The van der Waals surface area contributed by atoms with Gasteiger partial charge in [-0.25, -0.2) is 0 Å². The lowest BCUT2D eigenvalue weighted by molar-refractivity contribution is 0.102. The van der Waals surface area contributed by atoms with Crippen LogP contribution in [0.2, 0.25) is 0 Å². The maximum Gasteiger partial charge on any atom is 0.197 e. The average molecular weight is 338 g/mol. The highest BCUT2D eigenvalue weighted by Crippen LogP contribution is 2.29. The SMILES string of the molecule is CCC(C(=C=Cc1ccccc1)C(=O)c1ccccc1)c1ccccc1. The molecule has 0 fully saturated rings. The van der Waals surface area contributed by atoms with Crippen LogP contribution in [-0.2, 0) is 0 Å². The van der Waals surface area contributed by atoms with Crippen molar-refractivity contribution in [3.05, 3.63) is 119 Å². The lowest BCUT2D eigenvalue weighted by Crippen LogP contribution is -2.11. The van der Waals surface area contributed by atoms with Crippen LogP contribution < -0.4 is 0 Å². The van der Waals surface area contributed by atoms with Crippen LogP contribution in [0.5, 0.6) is 0 Å². The Morgan fingerprint density at radius 2 is 1.38 bits per heavy atom. The minimum Gasteiger partial charge on any atom is -0.288 e. The summed E-state index contributed by atoms with van der Waals surface area (Å²) in [5.74, 6) is 0.0531. The van der Waals surface area contributed by atoms with E-state index in [2.05, 4.69) is 24.8 Å². The molecule has 0 aromatic heterocycles. The highest BCUT2D eigenvalue weighted by Gasteiger charge is 2.22. The van der Waals surface area contributed by atoms with Gasteiger partial charge in [-0.1, -0.05) is 97.9 Å². The Labute approximate surface area is 155 Å². The molecule has 0 saturated carbocycles. The van der Waals surface area contributed by atoms with Crippen molar-refractivity contribution in [3.63, 3.8) is 0 Å². The van der Waals surface area contributed by atoms with Crippen molar-refractivity contribution >= 4 is 11.9 Å². The molecule has 0 heterocycles. The van der Waals surface area contributed by atoms with E-state index >= 15 is 0 Å². The topological polar surface area (TPSA) is 17.1 Å². The molecule has 1 unspecified atom stereocenters. The molecule has 0 bridgehead atoms. The van der Waals surface area contributed by atoms with Crippen molar-refractivity contribution in [2.24, 2.45) is 0 Å². The normalized spacial score (nSPS) is 11.3. The van der Waals surface area contributed by atoms with Crippen molar-refractivity contribution in [2.75, 3.05) is 0 Å². The molecule has 0 N–H and O–H groups in total. The van der Waals surface area contributed by atoms with Gasteiger partial charge in [0, 0.05) is 17.1 Å². The van der Waals surface area contributed by atoms with Crippen LogP contribution in [0.25, 0.3) is 6.08 Å². The third-order valence-electron chi connectivity index (χ3n) is 4.43. The summed E-state index contributed by atoms with van der Waals surface area (Å²) in [6, 6.07) is 29.6. The highest BCUT2D eigenvalue weighted by atomic mass is 16.1. The number of ketones is 1. The second kappa shape index (κ2) is 8.80. The van der Waals surface area contributed by atoms with Crippen LogP contribution in [0.15, 0.2) is 102 Å². The summed E-state index contributed by atoms with van der Waals surface area (Å²) in [6.07, 6.45) is 2.75. The van der Waals surface area contributed by atoms with Gasteiger partial charge >= 0.3 is 0 Å².